The number of hydrogen-bond acceptors (Lipinski definition) is 4. The molecule has 60 valence electrons. The highest BCUT2D eigenvalue weighted by Crippen LogP contribution is 2.20. The van der Waals surface area contributed by atoms with Crippen molar-refractivity contribution in [2.24, 2.45) is 0 Å². The highest BCUT2D eigenvalue weighted by atomic mass is 32.1. The van der Waals surface area contributed by atoms with E-state index in [-0.39, 0.29) is 0 Å². The van der Waals surface area contributed by atoms with Crippen LogP contribution in [0.3, 0.4) is 0 Å². The zero-order valence-electron chi connectivity index (χ0n) is 6.21. The van der Waals surface area contributed by atoms with Gasteiger partial charge in [0.2, 0.25) is 0 Å². The first-order chi connectivity index (χ1) is 5.34. The van der Waals surface area contributed by atoms with Crippen molar-refractivity contribution in [3.05, 3.63) is 11.2 Å². The Labute approximate surface area is 69.6 Å². The normalized spacial score (nSPS) is 17.1. The van der Waals surface area contributed by atoms with E-state index in [0.29, 0.717) is 0 Å². The average Bonchev–Trinajstić information content (AvgIpc) is 2.72. The van der Waals surface area contributed by atoms with Crippen LogP contribution in [0.5, 0.6) is 0 Å². The minimum absolute atomic E-state index is 0.750. The number of hydrogen-bond donors (Lipinski definition) is 2. The van der Waals surface area contributed by atoms with Gasteiger partial charge in [0.15, 0.2) is 0 Å². The van der Waals surface area contributed by atoms with Crippen LogP contribution in [0.25, 0.3) is 0 Å². The van der Waals surface area contributed by atoms with Gasteiger partial charge in [0, 0.05) is 12.6 Å². The number of thiazole rings is 1. The van der Waals surface area contributed by atoms with E-state index >= 15 is 0 Å². The minimum atomic E-state index is 0.750. The molecular formula is C7H11N3S. The summed E-state index contributed by atoms with van der Waals surface area (Å²) in [4.78, 5) is 4.15. The minimum Gasteiger partial charge on any atom is -0.389 e. The van der Waals surface area contributed by atoms with Crippen LogP contribution in [0.4, 0.5) is 5.00 Å². The third-order valence-electron chi connectivity index (χ3n) is 1.69. The van der Waals surface area contributed by atoms with Crippen molar-refractivity contribution in [1.29, 1.82) is 0 Å². The lowest BCUT2D eigenvalue weighted by atomic mass is 10.6. The first kappa shape index (κ1) is 7.06. The molecule has 0 aliphatic heterocycles. The zero-order valence-corrected chi connectivity index (χ0v) is 7.03. The first-order valence-corrected chi connectivity index (χ1v) is 4.60. The Bertz CT molecular complexity index is 242. The fraction of sp³-hybridized carbons (Fsp3) is 0.571. The quantitative estimate of drug-likeness (QED) is 0.709. The second-order valence-corrected chi connectivity index (χ2v) is 3.96. The van der Waals surface area contributed by atoms with E-state index in [1.165, 1.54) is 12.8 Å². The molecule has 1 fully saturated rings. The number of nitrogens with one attached hydrogen (secondary N) is 1. The molecule has 3 nitrogen and oxygen atoms in total. The molecule has 0 atom stereocenters. The molecule has 1 heterocycles. The van der Waals surface area contributed by atoms with Gasteiger partial charge in [-0.15, -0.1) is 11.3 Å². The summed E-state index contributed by atoms with van der Waals surface area (Å²) in [5.41, 5.74) is 5.53. The maximum atomic E-state index is 5.53. The number of aromatic nitrogens is 1. The van der Waals surface area contributed by atoms with E-state index in [9.17, 15) is 0 Å². The number of anilines is 1. The molecule has 0 bridgehead atoms. The molecule has 3 N–H and O–H groups in total. The van der Waals surface area contributed by atoms with Crippen LogP contribution < -0.4 is 11.1 Å². The molecule has 0 radical (unpaired) electrons. The first-order valence-electron chi connectivity index (χ1n) is 3.78. The van der Waals surface area contributed by atoms with Gasteiger partial charge >= 0.3 is 0 Å². The molecular weight excluding hydrogens is 158 g/mol. The summed E-state index contributed by atoms with van der Waals surface area (Å²) in [5.74, 6) is 0. The van der Waals surface area contributed by atoms with Crippen LogP contribution in [0.2, 0.25) is 0 Å². The number of rotatable bonds is 3. The molecule has 0 amide bonds. The van der Waals surface area contributed by atoms with E-state index in [1.807, 2.05) is 0 Å². The van der Waals surface area contributed by atoms with E-state index < -0.39 is 0 Å². The Hall–Kier alpha value is -0.610. The molecule has 1 aromatic heterocycles. The maximum Gasteiger partial charge on any atom is 0.108 e. The second-order valence-electron chi connectivity index (χ2n) is 2.81. The molecule has 1 aliphatic carbocycles. The van der Waals surface area contributed by atoms with Crippen LogP contribution in [0.1, 0.15) is 17.8 Å². The summed E-state index contributed by atoms with van der Waals surface area (Å²) in [7, 11) is 0. The predicted molar refractivity (Wildman–Crippen MR) is 46.4 cm³/mol. The Morgan fingerprint density at radius 2 is 2.55 bits per heavy atom. The molecule has 11 heavy (non-hydrogen) atoms. The summed E-state index contributed by atoms with van der Waals surface area (Å²) in [6, 6.07) is 0.750. The van der Waals surface area contributed by atoms with Crippen molar-refractivity contribution in [2.45, 2.75) is 25.4 Å². The van der Waals surface area contributed by atoms with E-state index in [2.05, 4.69) is 10.3 Å². The molecule has 1 aromatic rings. The Morgan fingerprint density at radius 1 is 1.73 bits per heavy atom. The van der Waals surface area contributed by atoms with Gasteiger partial charge in [-0.05, 0) is 12.8 Å². The van der Waals surface area contributed by atoms with Gasteiger partial charge in [-0.25, -0.2) is 4.98 Å². The highest BCUT2D eigenvalue weighted by molar-refractivity contribution is 7.15. The monoisotopic (exact) mass is 169 g/mol. The van der Waals surface area contributed by atoms with Crippen molar-refractivity contribution in [1.82, 2.24) is 10.3 Å². The molecule has 1 aliphatic rings. The van der Waals surface area contributed by atoms with Gasteiger partial charge in [-0.2, -0.15) is 0 Å². The van der Waals surface area contributed by atoms with Crippen molar-refractivity contribution in [3.63, 3.8) is 0 Å². The van der Waals surface area contributed by atoms with Gasteiger partial charge in [-0.1, -0.05) is 0 Å². The lowest BCUT2D eigenvalue weighted by Crippen LogP contribution is -2.14. The van der Waals surface area contributed by atoms with E-state index in [0.717, 1.165) is 22.6 Å². The van der Waals surface area contributed by atoms with Crippen molar-refractivity contribution in [3.8, 4) is 0 Å². The van der Waals surface area contributed by atoms with Gasteiger partial charge in [0.25, 0.3) is 0 Å². The Morgan fingerprint density at radius 3 is 3.09 bits per heavy atom. The predicted octanol–water partition coefficient (Wildman–Crippen LogP) is 0.977. The van der Waals surface area contributed by atoms with Crippen LogP contribution in [-0.2, 0) is 6.54 Å². The van der Waals surface area contributed by atoms with Gasteiger partial charge in [-0.3, -0.25) is 0 Å². The summed E-state index contributed by atoms with van der Waals surface area (Å²) >= 11 is 1.56. The van der Waals surface area contributed by atoms with Gasteiger partial charge < -0.3 is 11.1 Å². The molecule has 0 unspecified atom stereocenters. The summed E-state index contributed by atoms with van der Waals surface area (Å²) in [5, 5.41) is 5.27. The van der Waals surface area contributed by atoms with Crippen molar-refractivity contribution in [2.75, 3.05) is 5.73 Å². The topological polar surface area (TPSA) is 50.9 Å². The second kappa shape index (κ2) is 2.79. The van der Waals surface area contributed by atoms with Crippen LogP contribution in [-0.4, -0.2) is 11.0 Å². The third kappa shape index (κ3) is 1.91. The number of nitrogens with zero attached hydrogens (tertiary/aromatic N) is 1. The molecule has 1 saturated carbocycles. The molecule has 4 heteroatoms. The Kier molecular flexibility index (Phi) is 1.79. The van der Waals surface area contributed by atoms with E-state index in [4.69, 9.17) is 5.73 Å². The summed E-state index contributed by atoms with van der Waals surface area (Å²) < 4.78 is 0. The number of nitrogens with two attached hydrogens (primary N) is 1. The van der Waals surface area contributed by atoms with Crippen molar-refractivity contribution >= 4 is 16.3 Å². The number of nitrogen functional groups attached to an aromatic ring is 1. The van der Waals surface area contributed by atoms with Crippen molar-refractivity contribution < 1.29 is 0 Å². The molecule has 0 spiro atoms. The third-order valence-corrected chi connectivity index (χ3v) is 2.52. The molecule has 0 aromatic carbocycles. The standard InChI is InChI=1S/C7H11N3S/c8-6-3-10-7(11-6)4-9-5-1-2-5/h3,5,9H,1-2,4,8H2. The molecule has 2 rings (SSSR count). The van der Waals surface area contributed by atoms with Crippen LogP contribution in [0.15, 0.2) is 6.20 Å². The summed E-state index contributed by atoms with van der Waals surface area (Å²) in [6.45, 7) is 0.881. The van der Waals surface area contributed by atoms with Gasteiger partial charge in [0.05, 0.1) is 6.20 Å². The zero-order chi connectivity index (χ0) is 7.68. The fourth-order valence-electron chi connectivity index (χ4n) is 0.925. The van der Waals surface area contributed by atoms with Gasteiger partial charge in [0.1, 0.15) is 10.0 Å². The Balaban J connectivity index is 1.85. The maximum absolute atomic E-state index is 5.53. The summed E-state index contributed by atoms with van der Waals surface area (Å²) in [6.07, 6.45) is 4.36. The SMILES string of the molecule is Nc1cnc(CNC2CC2)s1. The largest absolute Gasteiger partial charge is 0.389 e. The molecule has 0 saturated heterocycles. The lowest BCUT2D eigenvalue weighted by molar-refractivity contribution is 0.684. The smallest absolute Gasteiger partial charge is 0.108 e. The fourth-order valence-corrected chi connectivity index (χ4v) is 1.56. The van der Waals surface area contributed by atoms with Crippen LogP contribution >= 0.6 is 11.3 Å². The highest BCUT2D eigenvalue weighted by Gasteiger charge is 2.20. The van der Waals surface area contributed by atoms with E-state index in [1.54, 1.807) is 17.5 Å². The lowest BCUT2D eigenvalue weighted by Gasteiger charge is -1.95. The van der Waals surface area contributed by atoms with Crippen LogP contribution in [0, 0.1) is 0 Å². The average molecular weight is 169 g/mol.